The van der Waals surface area contributed by atoms with E-state index in [1.54, 1.807) is 30.5 Å². The molecule has 0 amide bonds. The predicted molar refractivity (Wildman–Crippen MR) is 568 cm³/mol. The summed E-state index contributed by atoms with van der Waals surface area (Å²) in [6.07, 6.45) is 17.6. The average Bonchev–Trinajstić information content (AvgIpc) is 1.54. The van der Waals surface area contributed by atoms with Gasteiger partial charge in [0.25, 0.3) is 0 Å². The minimum absolute atomic E-state index is 0.0323. The van der Waals surface area contributed by atoms with Gasteiger partial charge in [-0.15, -0.1) is 0 Å². The van der Waals surface area contributed by atoms with Crippen molar-refractivity contribution < 1.29 is 28.0 Å². The van der Waals surface area contributed by atoms with Crippen LogP contribution in [0.15, 0.2) is 369 Å². The van der Waals surface area contributed by atoms with Crippen LogP contribution in [0.5, 0.6) is 0 Å². The molecule has 0 spiro atoms. The summed E-state index contributed by atoms with van der Waals surface area (Å²) in [7, 11) is 0. The summed E-state index contributed by atoms with van der Waals surface area (Å²) < 4.78 is 37.5. The molecule has 17 nitrogen and oxygen atoms in total. The van der Waals surface area contributed by atoms with Gasteiger partial charge in [0.1, 0.15) is 11.6 Å². The lowest BCUT2D eigenvalue weighted by Crippen LogP contribution is -2.45. The minimum Gasteiger partial charge on any atom is -0.308 e. The van der Waals surface area contributed by atoms with Crippen LogP contribution in [0.25, 0.3) is 132 Å². The topological polar surface area (TPSA) is 170 Å². The molecule has 0 fully saturated rings. The third-order valence-corrected chi connectivity index (χ3v) is 32.2. The van der Waals surface area contributed by atoms with Crippen LogP contribution in [0.1, 0.15) is 126 Å². The Kier molecular flexibility index (Phi) is 25.1. The summed E-state index contributed by atoms with van der Waals surface area (Å²) in [5.74, 6) is -1.41. The number of hydrogen-bond donors (Lipinski definition) is 0. The van der Waals surface area contributed by atoms with Crippen molar-refractivity contribution in [2.45, 2.75) is 128 Å². The Morgan fingerprint density at radius 2 is 0.568 bits per heavy atom. The number of benzene rings is 11. The number of allylic oxidation sites excluding steroid dienone is 8. The third kappa shape index (κ3) is 16.6. The molecule has 11 aromatic carbocycles. The Hall–Kier alpha value is -17.1. The highest BCUT2D eigenvalue weighted by molar-refractivity contribution is 6.03. The number of halogens is 2. The fourth-order valence-corrected chi connectivity index (χ4v) is 24.8. The van der Waals surface area contributed by atoms with Crippen molar-refractivity contribution in [2.75, 3.05) is 0 Å². The standard InChI is InChI=1S/2C32H26FN3O.C32H27N3O.C31H26N4O/c1-20-27-16-15-26-29(23-12-7-13-24(33)17-23)36(35-31(26)32(27,2)19-28(34-3)30(20)37)25-14-8-11-22(18-25)21-9-5-4-6-10-21;1-20-26-18-17-25-29(24-11-7-8-12-27(24)33)36(35-31(25)32(26,2)19-28(34-3)30(20)37)23-15-13-22(14-16-23)21-9-5-4-6-10-21;1-21-27-19-18-26-29(24-12-8-5-9-13-24)35(34-31(26)32(27,2)20-28(33-3)30(21)36)25-16-14-23(15-17-25)22-10-6-4-7-11-22;1-20-26-16-15-25-28(23-10-7-17-33-19-23)35(34-30(25)31(26,2)18-27(32-3)29(20)36)24-13-11-22(12-14-24)21-8-5-4-6-9-21/h4-14,17-20,27H,15-16H2,1-2H3;4-16,19-20,26H,17-18H2,1-2H3;4-17,20-21,27H,18-19H2,1-2H3;4-14,17-20,26H,15-16H2,1-2H3/t20-,27-,32-;20-,26-,32-;21-,27-,32-;20-,26-,31-/m1111/s1. The van der Waals surface area contributed by atoms with Gasteiger partial charge in [0.05, 0.1) is 94.6 Å². The molecule has 146 heavy (non-hydrogen) atoms. The molecule has 8 aliphatic rings. The number of carbonyl (C=O) groups excluding carboxylic acids is 4. The van der Waals surface area contributed by atoms with Gasteiger partial charge in [0.15, 0.2) is 23.1 Å². The zero-order valence-corrected chi connectivity index (χ0v) is 82.4. The Balaban J connectivity index is 0.000000114. The fraction of sp³-hybridized carbons (Fsp3) is 0.220. The van der Waals surface area contributed by atoms with Gasteiger partial charge in [-0.2, -0.15) is 20.4 Å². The maximum absolute atomic E-state index is 15.2. The van der Waals surface area contributed by atoms with E-state index >= 15 is 4.39 Å². The van der Waals surface area contributed by atoms with E-state index in [0.29, 0.717) is 12.0 Å². The number of pyridine rings is 1. The molecule has 16 aromatic rings. The van der Waals surface area contributed by atoms with E-state index in [1.165, 1.54) is 34.4 Å². The summed E-state index contributed by atoms with van der Waals surface area (Å²) in [6.45, 7) is 46.7. The number of Topliss-reactive ketones (excluding diaryl/α,β-unsaturated/α-hetero) is 4. The molecule has 0 saturated heterocycles. The maximum Gasteiger partial charge on any atom is 0.226 e. The van der Waals surface area contributed by atoms with Crippen molar-refractivity contribution in [3.63, 3.8) is 0 Å². The lowest BCUT2D eigenvalue weighted by molar-refractivity contribution is -0.122. The van der Waals surface area contributed by atoms with Crippen LogP contribution in [-0.2, 0) is 66.5 Å². The lowest BCUT2D eigenvalue weighted by atomic mass is 9.58. The predicted octanol–water partition coefficient (Wildman–Crippen LogP) is 27.9. The van der Waals surface area contributed by atoms with Crippen LogP contribution in [0, 0.1) is 85.3 Å². The molecule has 8 aliphatic carbocycles. The lowest BCUT2D eigenvalue weighted by Gasteiger charge is -2.44. The highest BCUT2D eigenvalue weighted by Crippen LogP contribution is 2.58. The normalized spacial score (nSPS) is 22.7. The summed E-state index contributed by atoms with van der Waals surface area (Å²) in [5, 5.41) is 20.8. The number of nitrogens with zero attached hydrogens (tertiary/aromatic N) is 13. The molecule has 12 atom stereocenters. The number of ketones is 4. The van der Waals surface area contributed by atoms with Crippen LogP contribution in [0.3, 0.4) is 0 Å². The fourth-order valence-electron chi connectivity index (χ4n) is 24.8. The van der Waals surface area contributed by atoms with E-state index in [2.05, 4.69) is 221 Å². The second kappa shape index (κ2) is 38.6. The Morgan fingerprint density at radius 1 is 0.288 bits per heavy atom. The van der Waals surface area contributed by atoms with Crippen molar-refractivity contribution in [1.82, 2.24) is 44.1 Å². The van der Waals surface area contributed by atoms with Crippen molar-refractivity contribution in [1.29, 1.82) is 0 Å². The van der Waals surface area contributed by atoms with E-state index < -0.39 is 21.7 Å². The molecule has 0 aliphatic heterocycles. The Bertz CT molecular complexity index is 7940. The number of fused-ring (bicyclic) bond motifs is 12. The largest absolute Gasteiger partial charge is 0.308 e. The van der Waals surface area contributed by atoms with Gasteiger partial charge in [0, 0.05) is 102 Å². The summed E-state index contributed by atoms with van der Waals surface area (Å²) in [5.41, 5.74) is 26.7. The molecule has 19 heteroatoms. The molecule has 0 bridgehead atoms. The summed E-state index contributed by atoms with van der Waals surface area (Å²) >= 11 is 0. The first-order chi connectivity index (χ1) is 70.8. The van der Waals surface area contributed by atoms with Gasteiger partial charge in [0.2, 0.25) is 22.8 Å². The van der Waals surface area contributed by atoms with Gasteiger partial charge in [-0.1, -0.05) is 304 Å². The quantitative estimate of drug-likeness (QED) is 0.108. The average molecular weight is 1920 g/mol. The van der Waals surface area contributed by atoms with Gasteiger partial charge >= 0.3 is 0 Å². The molecule has 24 rings (SSSR count). The van der Waals surface area contributed by atoms with Crippen LogP contribution >= 0.6 is 0 Å². The van der Waals surface area contributed by atoms with E-state index in [4.69, 9.17) is 46.7 Å². The molecule has 5 aromatic heterocycles. The second-order valence-electron chi connectivity index (χ2n) is 40.5. The molecule has 5 heterocycles. The van der Waals surface area contributed by atoms with Gasteiger partial charge in [-0.3, -0.25) is 4.98 Å². The highest BCUT2D eigenvalue weighted by Gasteiger charge is 2.55. The van der Waals surface area contributed by atoms with Crippen LogP contribution in [0.2, 0.25) is 0 Å². The zero-order chi connectivity index (χ0) is 101. The third-order valence-electron chi connectivity index (χ3n) is 32.2. The number of carbonyl (C=O) groups is 4. The zero-order valence-electron chi connectivity index (χ0n) is 82.4. The summed E-state index contributed by atoms with van der Waals surface area (Å²) in [4.78, 5) is 70.0. The maximum atomic E-state index is 15.2. The first-order valence-electron chi connectivity index (χ1n) is 50.0. The molecular weight excluding hydrogens is 1810 g/mol. The van der Waals surface area contributed by atoms with Crippen molar-refractivity contribution in [3.8, 4) is 112 Å². The smallest absolute Gasteiger partial charge is 0.226 e. The van der Waals surface area contributed by atoms with Gasteiger partial charge in [-0.25, -0.2) is 46.9 Å². The molecule has 0 radical (unpaired) electrons. The van der Waals surface area contributed by atoms with Crippen LogP contribution in [0.4, 0.5) is 8.78 Å². The second-order valence-corrected chi connectivity index (χ2v) is 40.5. The number of rotatable bonds is 12. The summed E-state index contributed by atoms with van der Waals surface area (Å²) in [6, 6.07) is 102. The van der Waals surface area contributed by atoms with Crippen molar-refractivity contribution >= 4 is 23.1 Å². The van der Waals surface area contributed by atoms with Crippen molar-refractivity contribution in [3.05, 3.63) is 471 Å². The molecule has 716 valence electrons. The number of hydrogen-bond acceptors (Lipinski definition) is 9. The minimum atomic E-state index is -0.587. The molecule has 0 unspecified atom stereocenters. The van der Waals surface area contributed by atoms with E-state index in [1.807, 2.05) is 181 Å². The van der Waals surface area contributed by atoms with Gasteiger partial charge in [-0.05, 0) is 204 Å². The van der Waals surface area contributed by atoms with E-state index in [0.717, 1.165) is 174 Å². The first kappa shape index (κ1) is 95.1. The molecule has 0 N–H and O–H groups in total. The van der Waals surface area contributed by atoms with E-state index in [-0.39, 0.29) is 105 Å². The molecule has 0 saturated carbocycles. The van der Waals surface area contributed by atoms with Crippen molar-refractivity contribution in [2.24, 2.45) is 47.3 Å². The number of aromatic nitrogens is 9. The van der Waals surface area contributed by atoms with E-state index in [9.17, 15) is 23.6 Å². The highest BCUT2D eigenvalue weighted by atomic mass is 19.1. The monoisotopic (exact) mass is 1910 g/mol. The Morgan fingerprint density at radius 3 is 0.911 bits per heavy atom. The SMILES string of the molecule is [C-]#[N+]C1=C[C@@]2(C)c3nn(-c4ccc(-c5ccccc5)cc4)c(-c4ccccc4)c3CC[C@@H]2[C@@H](C)C1=O.[C-]#[N+]C1=C[C@@]2(C)c3nn(-c4ccc(-c5ccccc5)cc4)c(-c4ccccc4F)c3CC[C@@H]2[C@@H](C)C1=O.[C-]#[N+]C1=C[C@@]2(C)c3nn(-c4ccc(-c5ccccc5)cc4)c(-c4cccnc4)c3CC[C@@H]2[C@@H](C)C1=O.[C-]#[N+]C1=C[C@@]2(C)c3nn(-c4cccc(-c5ccccc5)c4)c(-c4cccc(F)c4)c3CC[C@@H]2[C@@H](C)C1=O. The Labute approximate surface area is 849 Å². The molecular formula is C127H105F2N13O4. The first-order valence-corrected chi connectivity index (χ1v) is 50.0. The van der Waals surface area contributed by atoms with Gasteiger partial charge < -0.3 is 19.2 Å². The van der Waals surface area contributed by atoms with Crippen LogP contribution in [-0.4, -0.2) is 67.2 Å². The van der Waals surface area contributed by atoms with Crippen LogP contribution < -0.4 is 0 Å².